The molecule has 0 aromatic heterocycles. The number of nitrogens with two attached hydrogens (primary N) is 1. The van der Waals surface area contributed by atoms with Crippen LogP contribution >= 0.6 is 0 Å². The smallest absolute Gasteiger partial charge is 0.261 e. The second kappa shape index (κ2) is 5.79. The predicted molar refractivity (Wildman–Crippen MR) is 80.2 cm³/mol. The molecule has 0 spiro atoms. The fourth-order valence-electron chi connectivity index (χ4n) is 1.78. The molecule has 21 heavy (non-hydrogen) atoms. The summed E-state index contributed by atoms with van der Waals surface area (Å²) in [5.74, 6) is -0.119. The van der Waals surface area contributed by atoms with Crippen molar-refractivity contribution in [3.8, 4) is 5.75 Å². The average molecular weight is 283 g/mol. The van der Waals surface area contributed by atoms with Crippen molar-refractivity contribution >= 4 is 11.7 Å². The predicted octanol–water partition coefficient (Wildman–Crippen LogP) is 2.56. The lowest BCUT2D eigenvalue weighted by atomic mass is 10.0. The van der Waals surface area contributed by atoms with Gasteiger partial charge >= 0.3 is 0 Å². The molecule has 0 atom stereocenters. The Balaban J connectivity index is 2.16. The number of primary amides is 1. The summed E-state index contributed by atoms with van der Waals surface area (Å²) in [6.07, 6.45) is 0. The molecule has 0 bridgehead atoms. The molecule has 2 N–H and O–H groups in total. The highest BCUT2D eigenvalue weighted by molar-refractivity contribution is 6.08. The molecule has 2 aromatic rings. The van der Waals surface area contributed by atoms with Gasteiger partial charge in [0.2, 0.25) is 0 Å². The highest BCUT2D eigenvalue weighted by atomic mass is 16.5. The Kier molecular flexibility index (Phi) is 4.08. The lowest BCUT2D eigenvalue weighted by Gasteiger charge is -2.22. The van der Waals surface area contributed by atoms with Crippen LogP contribution in [0.1, 0.15) is 29.8 Å². The third kappa shape index (κ3) is 3.48. The van der Waals surface area contributed by atoms with Gasteiger partial charge in [0.05, 0.1) is 0 Å². The van der Waals surface area contributed by atoms with E-state index in [0.717, 1.165) is 0 Å². The summed E-state index contributed by atoms with van der Waals surface area (Å²) < 4.78 is 5.52. The maximum Gasteiger partial charge on any atom is 0.261 e. The van der Waals surface area contributed by atoms with Crippen LogP contribution in [0.25, 0.3) is 0 Å². The van der Waals surface area contributed by atoms with E-state index in [0.29, 0.717) is 16.9 Å². The molecule has 0 unspecified atom stereocenters. The van der Waals surface area contributed by atoms with E-state index < -0.39 is 11.5 Å². The number of rotatable bonds is 5. The van der Waals surface area contributed by atoms with Crippen molar-refractivity contribution in [2.24, 2.45) is 5.73 Å². The molecule has 2 aromatic carbocycles. The normalized spacial score (nSPS) is 11.0. The maximum absolute atomic E-state index is 12.2. The van der Waals surface area contributed by atoms with Crippen LogP contribution in [-0.4, -0.2) is 17.3 Å². The van der Waals surface area contributed by atoms with E-state index in [-0.39, 0.29) is 5.78 Å². The molecule has 0 aliphatic carbocycles. The van der Waals surface area contributed by atoms with Crippen molar-refractivity contribution < 1.29 is 14.3 Å². The largest absolute Gasteiger partial charge is 0.478 e. The Morgan fingerprint density at radius 3 is 1.95 bits per heavy atom. The molecule has 2 rings (SSSR count). The topological polar surface area (TPSA) is 69.4 Å². The molecule has 1 amide bonds. The zero-order valence-electron chi connectivity index (χ0n) is 12.0. The number of carbonyl (C=O) groups excluding carboxylic acids is 2. The molecule has 0 saturated heterocycles. The van der Waals surface area contributed by atoms with Crippen molar-refractivity contribution in [2.45, 2.75) is 19.4 Å². The van der Waals surface area contributed by atoms with Gasteiger partial charge in [-0.2, -0.15) is 0 Å². The summed E-state index contributed by atoms with van der Waals surface area (Å²) in [4.78, 5) is 23.5. The molecule has 0 saturated carbocycles. The fraction of sp³-hybridized carbons (Fsp3) is 0.176. The zero-order chi connectivity index (χ0) is 15.5. The van der Waals surface area contributed by atoms with E-state index in [1.54, 1.807) is 50.2 Å². The van der Waals surface area contributed by atoms with E-state index in [1.165, 1.54) is 0 Å². The summed E-state index contributed by atoms with van der Waals surface area (Å²) in [6, 6.07) is 15.7. The number of hydrogen-bond donors (Lipinski definition) is 1. The average Bonchev–Trinajstić information content (AvgIpc) is 2.48. The van der Waals surface area contributed by atoms with Gasteiger partial charge in [0.1, 0.15) is 5.75 Å². The number of ether oxygens (including phenoxy) is 1. The zero-order valence-corrected chi connectivity index (χ0v) is 12.0. The summed E-state index contributed by atoms with van der Waals surface area (Å²) in [5.41, 5.74) is 5.35. The monoisotopic (exact) mass is 283 g/mol. The SMILES string of the molecule is CC(C)(Oc1ccc(C(=O)c2ccccc2)cc1)C(N)=O. The van der Waals surface area contributed by atoms with Crippen molar-refractivity contribution in [2.75, 3.05) is 0 Å². The van der Waals surface area contributed by atoms with Crippen LogP contribution in [-0.2, 0) is 4.79 Å². The Morgan fingerprint density at radius 1 is 0.905 bits per heavy atom. The number of benzene rings is 2. The van der Waals surface area contributed by atoms with Gasteiger partial charge in [-0.15, -0.1) is 0 Å². The first-order valence-corrected chi connectivity index (χ1v) is 6.59. The van der Waals surface area contributed by atoms with Crippen LogP contribution in [0.4, 0.5) is 0 Å². The molecule has 4 nitrogen and oxygen atoms in total. The summed E-state index contributed by atoms with van der Waals surface area (Å²) >= 11 is 0. The second-order valence-corrected chi connectivity index (χ2v) is 5.20. The van der Waals surface area contributed by atoms with Crippen LogP contribution < -0.4 is 10.5 Å². The number of ketones is 1. The van der Waals surface area contributed by atoms with Gasteiger partial charge in [0.25, 0.3) is 5.91 Å². The van der Waals surface area contributed by atoms with Gasteiger partial charge in [-0.1, -0.05) is 30.3 Å². The van der Waals surface area contributed by atoms with Crippen LogP contribution in [0.3, 0.4) is 0 Å². The molecule has 0 fully saturated rings. The quantitative estimate of drug-likeness (QED) is 0.857. The molecule has 0 aliphatic heterocycles. The van der Waals surface area contributed by atoms with E-state index in [4.69, 9.17) is 10.5 Å². The lowest BCUT2D eigenvalue weighted by Crippen LogP contribution is -2.43. The van der Waals surface area contributed by atoms with Gasteiger partial charge in [-0.25, -0.2) is 0 Å². The molecule has 0 radical (unpaired) electrons. The Hall–Kier alpha value is -2.62. The molecule has 0 aliphatic rings. The van der Waals surface area contributed by atoms with E-state index in [9.17, 15) is 9.59 Å². The van der Waals surface area contributed by atoms with Gasteiger partial charge in [0.15, 0.2) is 11.4 Å². The molecule has 108 valence electrons. The second-order valence-electron chi connectivity index (χ2n) is 5.20. The number of hydrogen-bond acceptors (Lipinski definition) is 3. The lowest BCUT2D eigenvalue weighted by molar-refractivity contribution is -0.130. The molecular formula is C17H17NO3. The van der Waals surface area contributed by atoms with Crippen LogP contribution in [0.2, 0.25) is 0 Å². The summed E-state index contributed by atoms with van der Waals surface area (Å²) in [7, 11) is 0. The van der Waals surface area contributed by atoms with E-state index in [1.807, 2.05) is 18.2 Å². The maximum atomic E-state index is 12.2. The molecule has 4 heteroatoms. The first-order valence-electron chi connectivity index (χ1n) is 6.59. The first kappa shape index (κ1) is 14.8. The van der Waals surface area contributed by atoms with Crippen LogP contribution in [0.15, 0.2) is 54.6 Å². The molecule has 0 heterocycles. The van der Waals surface area contributed by atoms with E-state index >= 15 is 0 Å². The minimum atomic E-state index is -1.09. The van der Waals surface area contributed by atoms with Crippen LogP contribution in [0.5, 0.6) is 5.75 Å². The van der Waals surface area contributed by atoms with Crippen molar-refractivity contribution in [3.63, 3.8) is 0 Å². The van der Waals surface area contributed by atoms with Gasteiger partial charge in [0, 0.05) is 11.1 Å². The van der Waals surface area contributed by atoms with Gasteiger partial charge in [-0.05, 0) is 38.1 Å². The fourth-order valence-corrected chi connectivity index (χ4v) is 1.78. The standard InChI is InChI=1S/C17H17NO3/c1-17(2,16(18)20)21-14-10-8-13(9-11-14)15(19)12-6-4-3-5-7-12/h3-11H,1-2H3,(H2,18,20). The molecular weight excluding hydrogens is 266 g/mol. The number of carbonyl (C=O) groups is 2. The van der Waals surface area contributed by atoms with Crippen LogP contribution in [0, 0.1) is 0 Å². The summed E-state index contributed by atoms with van der Waals surface area (Å²) in [6.45, 7) is 3.19. The first-order chi connectivity index (χ1) is 9.90. The number of amides is 1. The van der Waals surface area contributed by atoms with Crippen molar-refractivity contribution in [1.29, 1.82) is 0 Å². The minimum absolute atomic E-state index is 0.0590. The van der Waals surface area contributed by atoms with Gasteiger partial charge in [-0.3, -0.25) is 9.59 Å². The minimum Gasteiger partial charge on any atom is -0.478 e. The summed E-state index contributed by atoms with van der Waals surface area (Å²) in [5, 5.41) is 0. The van der Waals surface area contributed by atoms with Gasteiger partial charge < -0.3 is 10.5 Å². The highest BCUT2D eigenvalue weighted by Gasteiger charge is 2.27. The van der Waals surface area contributed by atoms with E-state index in [2.05, 4.69) is 0 Å². The third-order valence-corrected chi connectivity index (χ3v) is 3.12. The Bertz CT molecular complexity index is 645. The van der Waals surface area contributed by atoms with Crippen molar-refractivity contribution in [1.82, 2.24) is 0 Å². The Labute approximate surface area is 123 Å². The third-order valence-electron chi connectivity index (χ3n) is 3.12. The highest BCUT2D eigenvalue weighted by Crippen LogP contribution is 2.20. The van der Waals surface area contributed by atoms with Crippen molar-refractivity contribution in [3.05, 3.63) is 65.7 Å². The Morgan fingerprint density at radius 2 is 1.43 bits per heavy atom.